The molecule has 0 bridgehead atoms. The molecule has 1 aromatic heterocycles. The zero-order valence-corrected chi connectivity index (χ0v) is 11.7. The molecule has 5 heteroatoms. The first-order valence-corrected chi connectivity index (χ1v) is 6.55. The maximum atomic E-state index is 13.1. The fraction of sp³-hybridized carbons (Fsp3) is 0.571. The molecule has 0 aliphatic heterocycles. The van der Waals surface area contributed by atoms with Crippen LogP contribution in [0.25, 0.3) is 0 Å². The molecule has 0 saturated heterocycles. The van der Waals surface area contributed by atoms with Gasteiger partial charge in [0.2, 0.25) is 5.95 Å². The van der Waals surface area contributed by atoms with E-state index in [1.807, 2.05) is 13.8 Å². The molecule has 0 aromatic carbocycles. The van der Waals surface area contributed by atoms with E-state index in [1.165, 1.54) is 18.3 Å². The minimum absolute atomic E-state index is 0.138. The lowest BCUT2D eigenvalue weighted by molar-refractivity contribution is 0.0589. The summed E-state index contributed by atoms with van der Waals surface area (Å²) in [7, 11) is 1.60. The van der Waals surface area contributed by atoms with Crippen molar-refractivity contribution in [3.8, 4) is 0 Å². The molecule has 0 saturated carbocycles. The second kappa shape index (κ2) is 7.84. The highest BCUT2D eigenvalue weighted by Gasteiger charge is 2.22. The first kappa shape index (κ1) is 15.6. The molecule has 1 aromatic rings. The van der Waals surface area contributed by atoms with E-state index in [0.29, 0.717) is 18.7 Å². The van der Waals surface area contributed by atoms with E-state index in [9.17, 15) is 9.18 Å². The number of methoxy groups -OCH3 is 1. The van der Waals surface area contributed by atoms with Gasteiger partial charge in [0.05, 0.1) is 6.61 Å². The molecule has 0 atom stereocenters. The molecule has 0 radical (unpaired) electrons. The number of hydrogen-bond acceptors (Lipinski definition) is 3. The zero-order chi connectivity index (χ0) is 14.3. The van der Waals surface area contributed by atoms with Crippen molar-refractivity contribution in [1.29, 1.82) is 0 Å². The van der Waals surface area contributed by atoms with E-state index in [0.717, 1.165) is 12.8 Å². The average molecular weight is 268 g/mol. The molecule has 1 rings (SSSR count). The maximum Gasteiger partial charge on any atom is 0.254 e. The normalized spacial score (nSPS) is 10.8. The van der Waals surface area contributed by atoms with Crippen LogP contribution in [0.4, 0.5) is 4.39 Å². The largest absolute Gasteiger partial charge is 0.383 e. The summed E-state index contributed by atoms with van der Waals surface area (Å²) in [5.74, 6) is -0.811. The number of carbonyl (C=O) groups excluding carboxylic acids is 1. The first-order chi connectivity index (χ1) is 9.13. The van der Waals surface area contributed by atoms with E-state index in [2.05, 4.69) is 4.98 Å². The number of ether oxygens (including phenoxy) is 1. The summed E-state index contributed by atoms with van der Waals surface area (Å²) in [6.07, 6.45) is 3.03. The van der Waals surface area contributed by atoms with Crippen molar-refractivity contribution < 1.29 is 13.9 Å². The van der Waals surface area contributed by atoms with E-state index in [4.69, 9.17) is 4.74 Å². The van der Waals surface area contributed by atoms with Gasteiger partial charge < -0.3 is 9.64 Å². The van der Waals surface area contributed by atoms with E-state index >= 15 is 0 Å². The van der Waals surface area contributed by atoms with Gasteiger partial charge in [-0.25, -0.2) is 4.98 Å². The molecule has 0 aliphatic rings. The summed E-state index contributed by atoms with van der Waals surface area (Å²) in [5.41, 5.74) is 0.329. The Morgan fingerprint density at radius 1 is 1.47 bits per heavy atom. The number of carbonyl (C=O) groups is 1. The van der Waals surface area contributed by atoms with Crippen LogP contribution in [0, 0.1) is 5.95 Å². The highest BCUT2D eigenvalue weighted by atomic mass is 19.1. The van der Waals surface area contributed by atoms with Crippen LogP contribution in [0.15, 0.2) is 18.3 Å². The lowest BCUT2D eigenvalue weighted by atomic mass is 10.1. The van der Waals surface area contributed by atoms with Crippen LogP contribution >= 0.6 is 0 Å². The van der Waals surface area contributed by atoms with Crippen molar-refractivity contribution in [2.75, 3.05) is 20.3 Å². The van der Waals surface area contributed by atoms with E-state index in [-0.39, 0.29) is 11.9 Å². The van der Waals surface area contributed by atoms with Gasteiger partial charge in [0.1, 0.15) is 0 Å². The second-order valence-corrected chi connectivity index (χ2v) is 4.33. The maximum absolute atomic E-state index is 13.1. The van der Waals surface area contributed by atoms with Crippen molar-refractivity contribution in [3.05, 3.63) is 29.8 Å². The monoisotopic (exact) mass is 268 g/mol. The number of pyridine rings is 1. The van der Waals surface area contributed by atoms with Gasteiger partial charge in [-0.15, -0.1) is 0 Å². The third-order valence-corrected chi connectivity index (χ3v) is 3.15. The van der Waals surface area contributed by atoms with Crippen LogP contribution in [0.2, 0.25) is 0 Å². The fourth-order valence-electron chi connectivity index (χ4n) is 2.07. The molecule has 1 amide bonds. The topological polar surface area (TPSA) is 42.4 Å². The number of amides is 1. The van der Waals surface area contributed by atoms with Gasteiger partial charge in [-0.1, -0.05) is 13.8 Å². The van der Waals surface area contributed by atoms with Gasteiger partial charge >= 0.3 is 0 Å². The minimum Gasteiger partial charge on any atom is -0.383 e. The Bertz CT molecular complexity index is 408. The smallest absolute Gasteiger partial charge is 0.254 e. The first-order valence-electron chi connectivity index (χ1n) is 6.55. The van der Waals surface area contributed by atoms with Crippen molar-refractivity contribution in [2.24, 2.45) is 0 Å². The molecule has 0 aliphatic carbocycles. The number of hydrogen-bond donors (Lipinski definition) is 0. The number of aromatic nitrogens is 1. The van der Waals surface area contributed by atoms with Gasteiger partial charge in [-0.05, 0) is 18.9 Å². The SMILES string of the molecule is CCC(CC)N(CCOC)C(=O)c1ccnc(F)c1. The Labute approximate surface area is 113 Å². The summed E-state index contributed by atoms with van der Waals surface area (Å²) >= 11 is 0. The van der Waals surface area contributed by atoms with E-state index in [1.54, 1.807) is 12.0 Å². The standard InChI is InChI=1S/C14H21FN2O2/c1-4-12(5-2)17(8-9-19-3)14(18)11-6-7-16-13(15)10-11/h6-7,10,12H,4-5,8-9H2,1-3H3. The Hall–Kier alpha value is -1.49. The predicted octanol–water partition coefficient (Wildman–Crippen LogP) is 2.50. The molecule has 106 valence electrons. The molecule has 1 heterocycles. The number of halogens is 1. The molecular weight excluding hydrogens is 247 g/mol. The average Bonchev–Trinajstić information content (AvgIpc) is 2.43. The molecule has 0 N–H and O–H groups in total. The molecule has 0 unspecified atom stereocenters. The Balaban J connectivity index is 2.92. The van der Waals surface area contributed by atoms with Gasteiger partial charge in [-0.2, -0.15) is 4.39 Å². The quantitative estimate of drug-likeness (QED) is 0.714. The molecule has 19 heavy (non-hydrogen) atoms. The van der Waals surface area contributed by atoms with Gasteiger partial charge in [0.15, 0.2) is 0 Å². The van der Waals surface area contributed by atoms with Gasteiger partial charge in [0.25, 0.3) is 5.91 Å². The molecular formula is C14H21FN2O2. The van der Waals surface area contributed by atoms with Crippen LogP contribution in [0.1, 0.15) is 37.0 Å². The Morgan fingerprint density at radius 3 is 2.68 bits per heavy atom. The second-order valence-electron chi connectivity index (χ2n) is 4.33. The summed E-state index contributed by atoms with van der Waals surface area (Å²) < 4.78 is 18.1. The molecule has 0 spiro atoms. The van der Waals surface area contributed by atoms with Crippen molar-refractivity contribution in [1.82, 2.24) is 9.88 Å². The Kier molecular flexibility index (Phi) is 6.42. The van der Waals surface area contributed by atoms with E-state index < -0.39 is 5.95 Å². The molecule has 4 nitrogen and oxygen atoms in total. The third-order valence-electron chi connectivity index (χ3n) is 3.15. The lowest BCUT2D eigenvalue weighted by Crippen LogP contribution is -2.41. The predicted molar refractivity (Wildman–Crippen MR) is 71.5 cm³/mol. The highest BCUT2D eigenvalue weighted by Crippen LogP contribution is 2.13. The number of rotatable bonds is 7. The van der Waals surface area contributed by atoms with Crippen LogP contribution in [0.3, 0.4) is 0 Å². The van der Waals surface area contributed by atoms with Crippen LogP contribution in [0.5, 0.6) is 0 Å². The fourth-order valence-corrected chi connectivity index (χ4v) is 2.07. The minimum atomic E-state index is -0.637. The van der Waals surface area contributed by atoms with Crippen LogP contribution < -0.4 is 0 Å². The van der Waals surface area contributed by atoms with Gasteiger partial charge in [0, 0.05) is 37.5 Å². The summed E-state index contributed by atoms with van der Waals surface area (Å²) in [6, 6.07) is 2.84. The number of nitrogens with zero attached hydrogens (tertiary/aromatic N) is 2. The third kappa shape index (κ3) is 4.28. The summed E-state index contributed by atoms with van der Waals surface area (Å²) in [4.78, 5) is 17.7. The summed E-state index contributed by atoms with van der Waals surface area (Å²) in [6.45, 7) is 5.05. The molecule has 0 fully saturated rings. The summed E-state index contributed by atoms with van der Waals surface area (Å²) in [5, 5.41) is 0. The van der Waals surface area contributed by atoms with Crippen molar-refractivity contribution in [3.63, 3.8) is 0 Å². The van der Waals surface area contributed by atoms with Gasteiger partial charge in [-0.3, -0.25) is 4.79 Å². The Morgan fingerprint density at radius 2 is 2.16 bits per heavy atom. The lowest BCUT2D eigenvalue weighted by Gasteiger charge is -2.30. The van der Waals surface area contributed by atoms with Crippen LogP contribution in [-0.2, 0) is 4.74 Å². The van der Waals surface area contributed by atoms with Crippen molar-refractivity contribution in [2.45, 2.75) is 32.7 Å². The van der Waals surface area contributed by atoms with Crippen LogP contribution in [-0.4, -0.2) is 42.1 Å². The highest BCUT2D eigenvalue weighted by molar-refractivity contribution is 5.94. The zero-order valence-electron chi connectivity index (χ0n) is 11.7. The van der Waals surface area contributed by atoms with Crippen molar-refractivity contribution >= 4 is 5.91 Å².